The highest BCUT2D eigenvalue weighted by Crippen LogP contribution is 2.29. The third-order valence-corrected chi connectivity index (χ3v) is 4.85. The van der Waals surface area contributed by atoms with E-state index in [0.29, 0.717) is 23.8 Å². The van der Waals surface area contributed by atoms with Gasteiger partial charge in [0.15, 0.2) is 0 Å². The molecule has 6 heteroatoms. The molecule has 2 aromatic carbocycles. The summed E-state index contributed by atoms with van der Waals surface area (Å²) in [6.07, 6.45) is 0.162. The van der Waals surface area contributed by atoms with Crippen molar-refractivity contribution in [1.82, 2.24) is 4.90 Å². The number of nitrogens with one attached hydrogen (secondary N) is 1. The number of hydrogen-bond acceptors (Lipinski definition) is 2. The van der Waals surface area contributed by atoms with Crippen LogP contribution in [0.3, 0.4) is 0 Å². The van der Waals surface area contributed by atoms with Crippen molar-refractivity contribution in [3.63, 3.8) is 0 Å². The molecule has 2 amide bonds. The number of amides is 2. The van der Waals surface area contributed by atoms with Gasteiger partial charge in [0.05, 0.1) is 16.6 Å². The molecule has 0 aliphatic carbocycles. The average molecular weight is 375 g/mol. The lowest BCUT2D eigenvalue weighted by Gasteiger charge is -2.17. The Labute approximate surface area is 157 Å². The van der Waals surface area contributed by atoms with E-state index in [-0.39, 0.29) is 24.1 Å². The van der Waals surface area contributed by atoms with Gasteiger partial charge in [0.25, 0.3) is 0 Å². The Morgan fingerprint density at radius 1 is 1.27 bits per heavy atom. The van der Waals surface area contributed by atoms with Crippen molar-refractivity contribution in [3.8, 4) is 0 Å². The quantitative estimate of drug-likeness (QED) is 0.876. The van der Waals surface area contributed by atoms with Crippen molar-refractivity contribution in [3.05, 3.63) is 63.9 Å². The molecule has 1 fully saturated rings. The molecule has 1 aliphatic heterocycles. The van der Waals surface area contributed by atoms with Gasteiger partial charge in [-0.05, 0) is 48.7 Å². The number of benzene rings is 2. The van der Waals surface area contributed by atoms with Crippen LogP contribution in [0.5, 0.6) is 0 Å². The Morgan fingerprint density at radius 3 is 2.62 bits per heavy atom. The summed E-state index contributed by atoms with van der Waals surface area (Å²) in [4.78, 5) is 26.5. The number of halogens is 2. The molecule has 1 atom stereocenters. The summed E-state index contributed by atoms with van der Waals surface area (Å²) in [5.74, 6) is -1.04. The molecule has 1 aliphatic rings. The van der Waals surface area contributed by atoms with Crippen LogP contribution in [0.15, 0.2) is 36.4 Å². The smallest absolute Gasteiger partial charge is 0.229 e. The first-order valence-corrected chi connectivity index (χ1v) is 8.81. The number of hydrogen-bond donors (Lipinski definition) is 1. The molecule has 1 unspecified atom stereocenters. The normalized spacial score (nSPS) is 16.8. The van der Waals surface area contributed by atoms with Crippen LogP contribution in [0.2, 0.25) is 5.02 Å². The molecule has 3 rings (SSSR count). The van der Waals surface area contributed by atoms with Gasteiger partial charge < -0.3 is 10.2 Å². The summed E-state index contributed by atoms with van der Waals surface area (Å²) in [5, 5.41) is 3.35. The molecule has 1 saturated heterocycles. The van der Waals surface area contributed by atoms with Gasteiger partial charge in [-0.1, -0.05) is 29.8 Å². The van der Waals surface area contributed by atoms with Crippen LogP contribution >= 0.6 is 11.6 Å². The van der Waals surface area contributed by atoms with E-state index < -0.39 is 5.92 Å². The molecule has 1 heterocycles. The molecular weight excluding hydrogens is 355 g/mol. The molecule has 1 N–H and O–H groups in total. The third kappa shape index (κ3) is 4.05. The number of nitrogens with zero attached hydrogens (tertiary/aromatic N) is 1. The molecule has 4 nitrogen and oxygen atoms in total. The van der Waals surface area contributed by atoms with Crippen LogP contribution < -0.4 is 5.32 Å². The van der Waals surface area contributed by atoms with E-state index in [0.717, 1.165) is 16.7 Å². The van der Waals surface area contributed by atoms with Crippen LogP contribution in [0.25, 0.3) is 0 Å². The van der Waals surface area contributed by atoms with Crippen molar-refractivity contribution in [1.29, 1.82) is 0 Å². The fraction of sp³-hybridized carbons (Fsp3) is 0.300. The molecule has 2 aromatic rings. The largest absolute Gasteiger partial charge is 0.338 e. The van der Waals surface area contributed by atoms with Gasteiger partial charge in [0, 0.05) is 19.5 Å². The highest BCUT2D eigenvalue weighted by atomic mass is 35.5. The second kappa shape index (κ2) is 7.46. The number of carbonyl (C=O) groups excluding carboxylic acids is 2. The van der Waals surface area contributed by atoms with Crippen molar-refractivity contribution < 1.29 is 14.0 Å². The van der Waals surface area contributed by atoms with E-state index in [9.17, 15) is 14.0 Å². The van der Waals surface area contributed by atoms with E-state index in [2.05, 4.69) is 5.32 Å². The second-order valence-electron chi connectivity index (χ2n) is 6.73. The summed E-state index contributed by atoms with van der Waals surface area (Å²) in [6, 6.07) is 9.76. The molecular formula is C20H20ClFN2O2. The van der Waals surface area contributed by atoms with Crippen molar-refractivity contribution >= 4 is 29.1 Å². The molecule has 0 radical (unpaired) electrons. The zero-order valence-corrected chi connectivity index (χ0v) is 15.4. The first kappa shape index (κ1) is 18.4. The third-order valence-electron chi connectivity index (χ3n) is 4.55. The Bertz CT molecular complexity index is 828. The fourth-order valence-electron chi connectivity index (χ4n) is 3.21. The summed E-state index contributed by atoms with van der Waals surface area (Å²) >= 11 is 6.24. The van der Waals surface area contributed by atoms with Gasteiger partial charge in [0.1, 0.15) is 5.82 Å². The Hall–Kier alpha value is -2.40. The standard InChI is InChI=1S/C20H20ClFN2O2/c1-12-7-13(2)19(17(21)8-12)23-20(26)15-9-18(25)24(11-15)10-14-3-5-16(22)6-4-14/h3-8,15H,9-11H2,1-2H3,(H,23,26). The molecule has 26 heavy (non-hydrogen) atoms. The molecule has 136 valence electrons. The SMILES string of the molecule is Cc1cc(C)c(NC(=O)C2CC(=O)N(Cc3ccc(F)cc3)C2)c(Cl)c1. The first-order chi connectivity index (χ1) is 12.3. The zero-order valence-electron chi connectivity index (χ0n) is 14.7. The maximum Gasteiger partial charge on any atom is 0.229 e. The lowest BCUT2D eigenvalue weighted by Crippen LogP contribution is -2.28. The van der Waals surface area contributed by atoms with Crippen molar-refractivity contribution in [2.45, 2.75) is 26.8 Å². The van der Waals surface area contributed by atoms with Gasteiger partial charge in [0.2, 0.25) is 11.8 Å². The number of likely N-dealkylation sites (tertiary alicyclic amines) is 1. The van der Waals surface area contributed by atoms with E-state index in [1.165, 1.54) is 12.1 Å². The van der Waals surface area contributed by atoms with Gasteiger partial charge in [-0.2, -0.15) is 0 Å². The molecule has 0 spiro atoms. The predicted octanol–water partition coefficient (Wildman–Crippen LogP) is 4.08. The van der Waals surface area contributed by atoms with E-state index >= 15 is 0 Å². The van der Waals surface area contributed by atoms with Gasteiger partial charge in [-0.15, -0.1) is 0 Å². The maximum atomic E-state index is 13.0. The fourth-order valence-corrected chi connectivity index (χ4v) is 3.58. The van der Waals surface area contributed by atoms with Crippen molar-refractivity contribution in [2.75, 3.05) is 11.9 Å². The maximum absolute atomic E-state index is 13.0. The van der Waals surface area contributed by atoms with Crippen LogP contribution in [-0.2, 0) is 16.1 Å². The van der Waals surface area contributed by atoms with E-state index in [1.54, 1.807) is 23.1 Å². The van der Waals surface area contributed by atoms with Crippen LogP contribution in [0, 0.1) is 25.6 Å². The number of rotatable bonds is 4. The van der Waals surface area contributed by atoms with Gasteiger partial charge in [-0.3, -0.25) is 9.59 Å². The van der Waals surface area contributed by atoms with E-state index in [1.807, 2.05) is 19.9 Å². The summed E-state index contributed by atoms with van der Waals surface area (Å²) in [6.45, 7) is 4.53. The topological polar surface area (TPSA) is 49.4 Å². The van der Waals surface area contributed by atoms with Crippen LogP contribution in [-0.4, -0.2) is 23.3 Å². The van der Waals surface area contributed by atoms with Crippen molar-refractivity contribution in [2.24, 2.45) is 5.92 Å². The van der Waals surface area contributed by atoms with E-state index in [4.69, 9.17) is 11.6 Å². The van der Waals surface area contributed by atoms with Gasteiger partial charge in [-0.25, -0.2) is 4.39 Å². The highest BCUT2D eigenvalue weighted by molar-refractivity contribution is 6.34. The van der Waals surface area contributed by atoms with Crippen LogP contribution in [0.1, 0.15) is 23.1 Å². The number of aryl methyl sites for hydroxylation is 2. The lowest BCUT2D eigenvalue weighted by atomic mass is 10.1. The average Bonchev–Trinajstić information content (AvgIpc) is 2.94. The number of anilines is 1. The summed E-state index contributed by atoms with van der Waals surface area (Å²) in [5.41, 5.74) is 3.33. The predicted molar refractivity (Wildman–Crippen MR) is 99.5 cm³/mol. The minimum atomic E-state index is -0.431. The van der Waals surface area contributed by atoms with Crippen LogP contribution in [0.4, 0.5) is 10.1 Å². The summed E-state index contributed by atoms with van der Waals surface area (Å²) in [7, 11) is 0. The highest BCUT2D eigenvalue weighted by Gasteiger charge is 2.34. The Balaban J connectivity index is 1.66. The monoisotopic (exact) mass is 374 g/mol. The van der Waals surface area contributed by atoms with Gasteiger partial charge >= 0.3 is 0 Å². The Morgan fingerprint density at radius 2 is 1.96 bits per heavy atom. The molecule has 0 aromatic heterocycles. The zero-order chi connectivity index (χ0) is 18.8. The Kier molecular flexibility index (Phi) is 5.28. The second-order valence-corrected chi connectivity index (χ2v) is 7.14. The minimum absolute atomic E-state index is 0.0822. The number of carbonyl (C=O) groups is 2. The lowest BCUT2D eigenvalue weighted by molar-refractivity contribution is -0.128. The summed E-state index contributed by atoms with van der Waals surface area (Å²) < 4.78 is 13.0. The molecule has 0 saturated carbocycles. The first-order valence-electron chi connectivity index (χ1n) is 8.43. The molecule has 0 bridgehead atoms. The minimum Gasteiger partial charge on any atom is -0.338 e.